The molecule has 0 bridgehead atoms. The van der Waals surface area contributed by atoms with Crippen LogP contribution in [0.4, 0.5) is 20.2 Å². The summed E-state index contributed by atoms with van der Waals surface area (Å²) >= 11 is 0. The number of halogens is 2. The topological polar surface area (TPSA) is 31.6 Å². The highest BCUT2D eigenvalue weighted by Gasteiger charge is 2.42. The van der Waals surface area contributed by atoms with Gasteiger partial charge in [-0.2, -0.15) is 0 Å². The largest absolute Gasteiger partial charge is 0.494 e. The van der Waals surface area contributed by atoms with Crippen LogP contribution in [0.15, 0.2) is 72.8 Å². The number of likely N-dealkylation sites (tertiary alicyclic amines) is 1. The van der Waals surface area contributed by atoms with Gasteiger partial charge in [-0.3, -0.25) is 0 Å². The molecule has 4 nitrogen and oxygen atoms in total. The maximum Gasteiger partial charge on any atom is 0.192 e. The smallest absolute Gasteiger partial charge is 0.192 e. The minimum atomic E-state index is -0.250. The number of aryl methyl sites for hydroxylation is 1. The standard InChI is InChI=1S/C29H29F2N3O/c30-21-7-10-23(11-8-21)34-27-12-9-22(31)18-24(27)25-19-32(16-13-28(25)34)14-3-4-15-33-26-6-2-1-5-20(26)17-29(33)35/h1-2,5-12,17-18,25,28,35H,3-4,13-16,19H2/t25-,28+/m0/s1. The molecule has 2 aliphatic heterocycles. The Kier molecular flexibility index (Phi) is 5.69. The molecule has 0 spiro atoms. The first-order valence-corrected chi connectivity index (χ1v) is 12.4. The van der Waals surface area contributed by atoms with Gasteiger partial charge in [0, 0.05) is 54.4 Å². The van der Waals surface area contributed by atoms with E-state index in [1.807, 2.05) is 53.1 Å². The number of hydrogen-bond acceptors (Lipinski definition) is 3. The summed E-state index contributed by atoms with van der Waals surface area (Å²) in [7, 11) is 0. The second kappa shape index (κ2) is 9.00. The van der Waals surface area contributed by atoms with Crippen molar-refractivity contribution in [3.05, 3.63) is 90.0 Å². The van der Waals surface area contributed by atoms with E-state index in [2.05, 4.69) is 9.80 Å². The van der Waals surface area contributed by atoms with Crippen molar-refractivity contribution in [2.75, 3.05) is 24.5 Å². The number of piperidine rings is 1. The number of nitrogens with zero attached hydrogens (tertiary/aromatic N) is 3. The summed E-state index contributed by atoms with van der Waals surface area (Å²) in [5, 5.41) is 11.4. The van der Waals surface area contributed by atoms with Crippen molar-refractivity contribution in [3.63, 3.8) is 0 Å². The fraction of sp³-hybridized carbons (Fsp3) is 0.310. The summed E-state index contributed by atoms with van der Waals surface area (Å²) < 4.78 is 29.8. The Bertz CT molecular complexity index is 1350. The van der Waals surface area contributed by atoms with E-state index in [9.17, 15) is 13.9 Å². The first-order valence-electron chi connectivity index (χ1n) is 12.4. The first-order chi connectivity index (χ1) is 17.1. The van der Waals surface area contributed by atoms with Crippen molar-refractivity contribution < 1.29 is 13.9 Å². The number of fused-ring (bicyclic) bond motifs is 4. The quantitative estimate of drug-likeness (QED) is 0.328. The Morgan fingerprint density at radius 2 is 1.63 bits per heavy atom. The third kappa shape index (κ3) is 4.06. The van der Waals surface area contributed by atoms with E-state index in [4.69, 9.17) is 0 Å². The summed E-state index contributed by atoms with van der Waals surface area (Å²) in [6.45, 7) is 3.62. The molecular weight excluding hydrogens is 444 g/mol. The molecule has 1 saturated heterocycles. The minimum Gasteiger partial charge on any atom is -0.494 e. The van der Waals surface area contributed by atoms with Gasteiger partial charge in [-0.05, 0) is 79.9 Å². The Balaban J connectivity index is 1.13. The molecule has 180 valence electrons. The third-order valence-corrected chi connectivity index (χ3v) is 7.64. The highest BCUT2D eigenvalue weighted by molar-refractivity contribution is 5.82. The van der Waals surface area contributed by atoms with E-state index in [0.29, 0.717) is 5.88 Å². The number of aromatic nitrogens is 1. The summed E-state index contributed by atoms with van der Waals surface area (Å²) in [4.78, 5) is 4.76. The van der Waals surface area contributed by atoms with Crippen LogP contribution in [0, 0.1) is 11.6 Å². The van der Waals surface area contributed by atoms with Crippen LogP contribution in [0.25, 0.3) is 10.9 Å². The van der Waals surface area contributed by atoms with Gasteiger partial charge in [0.1, 0.15) is 11.6 Å². The number of hydrogen-bond donors (Lipinski definition) is 1. The normalized spacial score (nSPS) is 19.8. The van der Waals surface area contributed by atoms with E-state index in [1.165, 1.54) is 18.2 Å². The average molecular weight is 474 g/mol. The average Bonchev–Trinajstić information content (AvgIpc) is 3.36. The van der Waals surface area contributed by atoms with E-state index in [-0.39, 0.29) is 23.6 Å². The van der Waals surface area contributed by atoms with Crippen molar-refractivity contribution in [2.24, 2.45) is 0 Å². The lowest BCUT2D eigenvalue weighted by molar-refractivity contribution is 0.192. The van der Waals surface area contributed by atoms with Gasteiger partial charge in [0.15, 0.2) is 5.88 Å². The molecule has 0 radical (unpaired) electrons. The molecule has 3 heterocycles. The highest BCUT2D eigenvalue weighted by atomic mass is 19.1. The lowest BCUT2D eigenvalue weighted by Crippen LogP contribution is -2.45. The third-order valence-electron chi connectivity index (χ3n) is 7.64. The molecule has 35 heavy (non-hydrogen) atoms. The van der Waals surface area contributed by atoms with E-state index in [0.717, 1.165) is 73.3 Å². The van der Waals surface area contributed by atoms with Crippen molar-refractivity contribution >= 4 is 22.3 Å². The second-order valence-electron chi connectivity index (χ2n) is 9.73. The van der Waals surface area contributed by atoms with Crippen LogP contribution in [0.1, 0.15) is 30.7 Å². The molecule has 2 atom stereocenters. The molecule has 3 aromatic carbocycles. The van der Waals surface area contributed by atoms with Gasteiger partial charge < -0.3 is 19.5 Å². The predicted molar refractivity (Wildman–Crippen MR) is 135 cm³/mol. The summed E-state index contributed by atoms with van der Waals surface area (Å²) in [5.41, 5.74) is 4.10. The minimum absolute atomic E-state index is 0.209. The Morgan fingerprint density at radius 1 is 0.857 bits per heavy atom. The molecular formula is C29H29F2N3O. The van der Waals surface area contributed by atoms with Crippen molar-refractivity contribution in [1.82, 2.24) is 9.47 Å². The zero-order valence-corrected chi connectivity index (χ0v) is 19.6. The number of benzene rings is 3. The fourth-order valence-corrected chi connectivity index (χ4v) is 6.01. The highest BCUT2D eigenvalue weighted by Crippen LogP contribution is 2.48. The van der Waals surface area contributed by atoms with Crippen LogP contribution < -0.4 is 4.90 Å². The molecule has 4 aromatic rings. The molecule has 1 fully saturated rings. The molecule has 1 aromatic heterocycles. The lowest BCUT2D eigenvalue weighted by atomic mass is 9.89. The fourth-order valence-electron chi connectivity index (χ4n) is 6.01. The van der Waals surface area contributed by atoms with Gasteiger partial charge in [0.25, 0.3) is 0 Å². The Hall–Kier alpha value is -3.38. The van der Waals surface area contributed by atoms with Crippen molar-refractivity contribution in [1.29, 1.82) is 0 Å². The van der Waals surface area contributed by atoms with E-state index >= 15 is 0 Å². The molecule has 6 heteroatoms. The van der Waals surface area contributed by atoms with E-state index in [1.54, 1.807) is 6.07 Å². The number of anilines is 2. The Morgan fingerprint density at radius 3 is 2.49 bits per heavy atom. The van der Waals surface area contributed by atoms with Gasteiger partial charge in [-0.25, -0.2) is 8.78 Å². The number of aromatic hydroxyl groups is 1. The maximum atomic E-state index is 14.2. The molecule has 0 amide bonds. The molecule has 0 aliphatic carbocycles. The number of para-hydroxylation sites is 1. The van der Waals surface area contributed by atoms with Gasteiger partial charge >= 0.3 is 0 Å². The van der Waals surface area contributed by atoms with Crippen LogP contribution >= 0.6 is 0 Å². The van der Waals surface area contributed by atoms with Crippen LogP contribution in [0.5, 0.6) is 5.88 Å². The molecule has 2 aliphatic rings. The summed E-state index contributed by atoms with van der Waals surface area (Å²) in [5.74, 6) is 0.0774. The molecule has 6 rings (SSSR count). The van der Waals surface area contributed by atoms with E-state index < -0.39 is 0 Å². The monoisotopic (exact) mass is 473 g/mol. The van der Waals surface area contributed by atoms with Crippen LogP contribution in [-0.2, 0) is 6.54 Å². The lowest BCUT2D eigenvalue weighted by Gasteiger charge is -2.39. The van der Waals surface area contributed by atoms with Crippen molar-refractivity contribution in [3.8, 4) is 5.88 Å². The van der Waals surface area contributed by atoms with Crippen LogP contribution in [0.2, 0.25) is 0 Å². The second-order valence-corrected chi connectivity index (χ2v) is 9.73. The summed E-state index contributed by atoms with van der Waals surface area (Å²) in [6, 6.07) is 21.8. The summed E-state index contributed by atoms with van der Waals surface area (Å²) in [6.07, 6.45) is 2.98. The zero-order chi connectivity index (χ0) is 23.9. The predicted octanol–water partition coefficient (Wildman–Crippen LogP) is 6.42. The van der Waals surface area contributed by atoms with Crippen LogP contribution in [-0.4, -0.2) is 40.2 Å². The van der Waals surface area contributed by atoms with Gasteiger partial charge in [0.2, 0.25) is 0 Å². The number of rotatable bonds is 6. The number of unbranched alkanes of at least 4 members (excludes halogenated alkanes) is 1. The molecule has 0 unspecified atom stereocenters. The molecule has 1 N–H and O–H groups in total. The molecule has 0 saturated carbocycles. The Labute approximate surface area is 204 Å². The maximum absolute atomic E-state index is 14.2. The first kappa shape index (κ1) is 22.1. The van der Waals surface area contributed by atoms with Gasteiger partial charge in [0.05, 0.1) is 5.52 Å². The van der Waals surface area contributed by atoms with Gasteiger partial charge in [-0.15, -0.1) is 0 Å². The van der Waals surface area contributed by atoms with Crippen molar-refractivity contribution in [2.45, 2.75) is 37.8 Å². The SMILES string of the molecule is Oc1cc2ccccc2n1CCCCN1CC[C@@H]2[C@@H](C1)c1cc(F)ccc1N2c1ccc(F)cc1. The van der Waals surface area contributed by atoms with Gasteiger partial charge in [-0.1, -0.05) is 18.2 Å². The zero-order valence-electron chi connectivity index (χ0n) is 19.6. The van der Waals surface area contributed by atoms with Crippen LogP contribution in [0.3, 0.4) is 0 Å².